The van der Waals surface area contributed by atoms with Gasteiger partial charge in [0.05, 0.1) is 10.6 Å². The predicted molar refractivity (Wildman–Crippen MR) is 109 cm³/mol. The van der Waals surface area contributed by atoms with E-state index in [0.717, 1.165) is 35.2 Å². The van der Waals surface area contributed by atoms with Crippen molar-refractivity contribution in [1.82, 2.24) is 0 Å². The molecule has 1 heterocycles. The van der Waals surface area contributed by atoms with Gasteiger partial charge >= 0.3 is 0 Å². The highest BCUT2D eigenvalue weighted by atomic mass is 32.2. The first-order valence-corrected chi connectivity index (χ1v) is 10.7. The first-order chi connectivity index (χ1) is 12.7. The third kappa shape index (κ3) is 3.86. The van der Waals surface area contributed by atoms with E-state index < -0.39 is 10.0 Å². The number of anilines is 2. The summed E-state index contributed by atoms with van der Waals surface area (Å²) in [6.07, 6.45) is 1.60. The summed E-state index contributed by atoms with van der Waals surface area (Å²) in [6.45, 7) is 8.20. The minimum absolute atomic E-state index is 0.0221. The molecule has 3 rings (SSSR count). The molecule has 0 spiro atoms. The van der Waals surface area contributed by atoms with Gasteiger partial charge in [-0.1, -0.05) is 32.0 Å². The topological polar surface area (TPSA) is 66.5 Å². The maximum atomic E-state index is 13.0. The van der Waals surface area contributed by atoms with Gasteiger partial charge < -0.3 is 4.90 Å². The number of fused-ring (bicyclic) bond motifs is 1. The summed E-state index contributed by atoms with van der Waals surface area (Å²) in [5.41, 5.74) is 4.22. The molecule has 0 fully saturated rings. The number of hydrogen-bond donors (Lipinski definition) is 1. The van der Waals surface area contributed by atoms with E-state index in [9.17, 15) is 13.2 Å². The fourth-order valence-electron chi connectivity index (χ4n) is 3.57. The van der Waals surface area contributed by atoms with Crippen LogP contribution in [0.15, 0.2) is 41.3 Å². The second-order valence-electron chi connectivity index (χ2n) is 7.36. The summed E-state index contributed by atoms with van der Waals surface area (Å²) in [5.74, 6) is 0.182. The Morgan fingerprint density at radius 2 is 1.93 bits per heavy atom. The van der Waals surface area contributed by atoms with Gasteiger partial charge in [0.15, 0.2) is 0 Å². The Labute approximate surface area is 161 Å². The Kier molecular flexibility index (Phi) is 5.29. The van der Waals surface area contributed by atoms with E-state index in [2.05, 4.69) is 4.72 Å². The molecule has 0 saturated heterocycles. The van der Waals surface area contributed by atoms with Crippen molar-refractivity contribution in [3.05, 3.63) is 53.1 Å². The Morgan fingerprint density at radius 3 is 2.59 bits per heavy atom. The number of amides is 1. The van der Waals surface area contributed by atoms with Crippen LogP contribution >= 0.6 is 0 Å². The molecule has 6 heteroatoms. The highest BCUT2D eigenvalue weighted by molar-refractivity contribution is 7.92. The highest BCUT2D eigenvalue weighted by Crippen LogP contribution is 2.32. The number of aryl methyl sites for hydroxylation is 2. The largest absolute Gasteiger partial charge is 0.312 e. The van der Waals surface area contributed by atoms with Gasteiger partial charge in [0.2, 0.25) is 5.91 Å². The molecule has 144 valence electrons. The smallest absolute Gasteiger partial charge is 0.261 e. The van der Waals surface area contributed by atoms with Gasteiger partial charge in [-0.2, -0.15) is 0 Å². The number of rotatable bonds is 4. The standard InChI is InChI=1S/C21H26N2O3S/c1-14(2)19-9-5-7-15(3)21(19)22-27(25,26)18-10-11-20-17(13-18)8-6-12-23(20)16(4)24/h5,7,9-11,13-14,22H,6,8,12H2,1-4H3. The van der Waals surface area contributed by atoms with Crippen molar-refractivity contribution in [2.24, 2.45) is 0 Å². The quantitative estimate of drug-likeness (QED) is 0.856. The summed E-state index contributed by atoms with van der Waals surface area (Å²) in [5, 5.41) is 0. The Hall–Kier alpha value is -2.34. The molecule has 1 amide bonds. The molecule has 1 N–H and O–H groups in total. The van der Waals surface area contributed by atoms with Crippen LogP contribution in [0.5, 0.6) is 0 Å². The van der Waals surface area contributed by atoms with E-state index in [-0.39, 0.29) is 16.7 Å². The molecule has 0 atom stereocenters. The van der Waals surface area contributed by atoms with Crippen LogP contribution in [0.4, 0.5) is 11.4 Å². The lowest BCUT2D eigenvalue weighted by Gasteiger charge is -2.29. The zero-order valence-corrected chi connectivity index (χ0v) is 17.1. The van der Waals surface area contributed by atoms with Crippen molar-refractivity contribution >= 4 is 27.3 Å². The molecule has 1 aliphatic heterocycles. The van der Waals surface area contributed by atoms with Crippen LogP contribution in [0, 0.1) is 6.92 Å². The van der Waals surface area contributed by atoms with Gasteiger partial charge in [-0.05, 0) is 60.6 Å². The Balaban J connectivity index is 1.99. The molecule has 0 radical (unpaired) electrons. The van der Waals surface area contributed by atoms with Gasteiger partial charge in [0.1, 0.15) is 0 Å². The number of benzene rings is 2. The number of sulfonamides is 1. The van der Waals surface area contributed by atoms with Crippen LogP contribution in [-0.4, -0.2) is 20.9 Å². The highest BCUT2D eigenvalue weighted by Gasteiger charge is 2.24. The number of carbonyl (C=O) groups excluding carboxylic acids is 1. The molecular formula is C21H26N2O3S. The minimum Gasteiger partial charge on any atom is -0.312 e. The molecular weight excluding hydrogens is 360 g/mol. The summed E-state index contributed by atoms with van der Waals surface area (Å²) >= 11 is 0. The lowest BCUT2D eigenvalue weighted by molar-refractivity contribution is -0.116. The van der Waals surface area contributed by atoms with Crippen molar-refractivity contribution in [3.63, 3.8) is 0 Å². The number of para-hydroxylation sites is 1. The van der Waals surface area contributed by atoms with Crippen molar-refractivity contribution in [2.75, 3.05) is 16.2 Å². The van der Waals surface area contributed by atoms with E-state index in [1.54, 1.807) is 23.1 Å². The van der Waals surface area contributed by atoms with E-state index in [1.165, 1.54) is 6.92 Å². The molecule has 0 bridgehead atoms. The Morgan fingerprint density at radius 1 is 1.19 bits per heavy atom. The van der Waals surface area contributed by atoms with Gasteiger partial charge in [0.25, 0.3) is 10.0 Å². The van der Waals surface area contributed by atoms with Crippen LogP contribution in [0.1, 0.15) is 49.8 Å². The van der Waals surface area contributed by atoms with Crippen molar-refractivity contribution in [3.8, 4) is 0 Å². The van der Waals surface area contributed by atoms with Crippen LogP contribution < -0.4 is 9.62 Å². The number of carbonyl (C=O) groups is 1. The maximum Gasteiger partial charge on any atom is 0.261 e. The molecule has 1 aliphatic rings. The van der Waals surface area contributed by atoms with Gasteiger partial charge in [-0.15, -0.1) is 0 Å². The monoisotopic (exact) mass is 386 g/mol. The predicted octanol–water partition coefficient (Wildman–Crippen LogP) is 4.22. The molecule has 5 nitrogen and oxygen atoms in total. The molecule has 0 aromatic heterocycles. The van der Waals surface area contributed by atoms with Crippen LogP contribution in [0.3, 0.4) is 0 Å². The maximum absolute atomic E-state index is 13.0. The number of nitrogens with one attached hydrogen (secondary N) is 1. The third-order valence-corrected chi connectivity index (χ3v) is 6.37. The normalized spacial score (nSPS) is 14.2. The first-order valence-electron chi connectivity index (χ1n) is 9.24. The van der Waals surface area contributed by atoms with Crippen LogP contribution in [0.25, 0.3) is 0 Å². The Bertz CT molecular complexity index is 981. The van der Waals surface area contributed by atoms with E-state index >= 15 is 0 Å². The van der Waals surface area contributed by atoms with Crippen LogP contribution in [0.2, 0.25) is 0 Å². The summed E-state index contributed by atoms with van der Waals surface area (Å²) in [4.78, 5) is 13.8. The molecule has 0 aliphatic carbocycles. The second-order valence-corrected chi connectivity index (χ2v) is 9.05. The fourth-order valence-corrected chi connectivity index (χ4v) is 4.78. The molecule has 2 aromatic carbocycles. The lowest BCUT2D eigenvalue weighted by Crippen LogP contribution is -2.33. The van der Waals surface area contributed by atoms with E-state index in [0.29, 0.717) is 12.2 Å². The average Bonchev–Trinajstić information content (AvgIpc) is 2.61. The number of hydrogen-bond acceptors (Lipinski definition) is 3. The van der Waals surface area contributed by atoms with Crippen molar-refractivity contribution in [2.45, 2.75) is 51.3 Å². The molecule has 27 heavy (non-hydrogen) atoms. The van der Waals surface area contributed by atoms with Gasteiger partial charge in [-0.3, -0.25) is 9.52 Å². The molecule has 0 saturated carbocycles. The SMILES string of the molecule is CC(=O)N1CCCc2cc(S(=O)(=O)Nc3c(C)cccc3C(C)C)ccc21. The van der Waals surface area contributed by atoms with E-state index in [4.69, 9.17) is 0 Å². The third-order valence-electron chi connectivity index (χ3n) is 5.02. The summed E-state index contributed by atoms with van der Waals surface area (Å²) < 4.78 is 28.9. The zero-order valence-electron chi connectivity index (χ0n) is 16.2. The van der Waals surface area contributed by atoms with Gasteiger partial charge in [-0.25, -0.2) is 8.42 Å². The van der Waals surface area contributed by atoms with Gasteiger partial charge in [0, 0.05) is 19.2 Å². The number of nitrogens with zero attached hydrogens (tertiary/aromatic N) is 1. The van der Waals surface area contributed by atoms with Crippen molar-refractivity contribution in [1.29, 1.82) is 0 Å². The molecule has 0 unspecified atom stereocenters. The first kappa shape index (κ1) is 19.4. The fraction of sp³-hybridized carbons (Fsp3) is 0.381. The minimum atomic E-state index is -3.72. The second kappa shape index (κ2) is 7.35. The zero-order chi connectivity index (χ0) is 19.8. The summed E-state index contributed by atoms with van der Waals surface area (Å²) in [7, 11) is -3.72. The lowest BCUT2D eigenvalue weighted by atomic mass is 9.99. The molecule has 2 aromatic rings. The summed E-state index contributed by atoms with van der Waals surface area (Å²) in [6, 6.07) is 10.8. The van der Waals surface area contributed by atoms with E-state index in [1.807, 2.05) is 39.0 Å². The van der Waals surface area contributed by atoms with Crippen LogP contribution in [-0.2, 0) is 21.2 Å². The average molecular weight is 387 g/mol. The van der Waals surface area contributed by atoms with Crippen molar-refractivity contribution < 1.29 is 13.2 Å².